The molecule has 1 fully saturated rings. The third-order valence-electron chi connectivity index (χ3n) is 6.79. The maximum absolute atomic E-state index is 13.8. The quantitative estimate of drug-likeness (QED) is 0.546. The van der Waals surface area contributed by atoms with Gasteiger partial charge in [-0.3, -0.25) is 19.7 Å². The SMILES string of the molecule is O=C1NCCCC[C@@H]1N(Cc1ccc(OCc2ccccn2)cc1)C(=O)c1n[nH]c2c1CCCC2. The second-order valence-electron chi connectivity index (χ2n) is 9.23. The number of fused-ring (bicyclic) bond motifs is 1. The first-order valence-corrected chi connectivity index (χ1v) is 12.5. The summed E-state index contributed by atoms with van der Waals surface area (Å²) in [7, 11) is 0. The number of rotatable bonds is 7. The van der Waals surface area contributed by atoms with Crippen molar-refractivity contribution in [3.63, 3.8) is 0 Å². The molecule has 8 heteroatoms. The molecule has 2 N–H and O–H groups in total. The van der Waals surface area contributed by atoms with Crippen LogP contribution in [0, 0.1) is 0 Å². The largest absolute Gasteiger partial charge is 0.487 e. The molecule has 1 aliphatic heterocycles. The number of aromatic amines is 1. The molecule has 1 saturated heterocycles. The number of nitrogens with one attached hydrogen (secondary N) is 2. The van der Waals surface area contributed by atoms with Crippen LogP contribution in [-0.2, 0) is 30.8 Å². The van der Waals surface area contributed by atoms with Crippen molar-refractivity contribution in [1.29, 1.82) is 0 Å². The molecular formula is C27H31N5O3. The first-order valence-electron chi connectivity index (χ1n) is 12.5. The molecule has 0 radical (unpaired) electrons. The lowest BCUT2D eigenvalue weighted by Crippen LogP contribution is -2.48. The van der Waals surface area contributed by atoms with Gasteiger partial charge in [0.2, 0.25) is 5.91 Å². The number of aromatic nitrogens is 3. The maximum Gasteiger partial charge on any atom is 0.275 e. The highest BCUT2D eigenvalue weighted by Gasteiger charge is 2.34. The van der Waals surface area contributed by atoms with Gasteiger partial charge in [-0.25, -0.2) is 0 Å². The van der Waals surface area contributed by atoms with Crippen molar-refractivity contribution in [2.45, 2.75) is 64.1 Å². The molecule has 35 heavy (non-hydrogen) atoms. The van der Waals surface area contributed by atoms with E-state index in [4.69, 9.17) is 4.74 Å². The van der Waals surface area contributed by atoms with Crippen LogP contribution in [0.1, 0.15) is 65.1 Å². The number of H-pyrrole nitrogens is 1. The number of hydrogen-bond donors (Lipinski definition) is 2. The van der Waals surface area contributed by atoms with Gasteiger partial charge in [-0.2, -0.15) is 5.10 Å². The zero-order valence-electron chi connectivity index (χ0n) is 19.8. The van der Waals surface area contributed by atoms with Crippen LogP contribution in [-0.4, -0.2) is 44.5 Å². The van der Waals surface area contributed by atoms with E-state index in [9.17, 15) is 9.59 Å². The molecule has 0 bridgehead atoms. The molecule has 8 nitrogen and oxygen atoms in total. The van der Waals surface area contributed by atoms with Gasteiger partial charge in [-0.05, 0) is 74.8 Å². The standard InChI is InChI=1S/C27H31N5O3/c33-26-24(10-4-6-16-29-26)32(27(34)25-22-8-1-2-9-23(22)30-31-25)17-19-11-13-21(14-12-19)35-18-20-7-3-5-15-28-20/h3,5,7,11-15,24H,1-2,4,6,8-10,16-18H2,(H,29,33)(H,30,31)/t24-/m0/s1. The Bertz CT molecular complexity index is 1160. The summed E-state index contributed by atoms with van der Waals surface area (Å²) < 4.78 is 5.85. The summed E-state index contributed by atoms with van der Waals surface area (Å²) in [6, 6.07) is 12.9. The highest BCUT2D eigenvalue weighted by atomic mass is 16.5. The Labute approximate surface area is 205 Å². The number of carbonyl (C=O) groups excluding carboxylic acids is 2. The van der Waals surface area contributed by atoms with Crippen molar-refractivity contribution in [2.75, 3.05) is 6.54 Å². The van der Waals surface area contributed by atoms with Gasteiger partial charge in [0, 0.05) is 30.5 Å². The molecule has 1 aromatic carbocycles. The summed E-state index contributed by atoms with van der Waals surface area (Å²) in [6.45, 7) is 1.37. The molecular weight excluding hydrogens is 442 g/mol. The molecule has 0 spiro atoms. The smallest absolute Gasteiger partial charge is 0.275 e. The van der Waals surface area contributed by atoms with Crippen molar-refractivity contribution in [3.05, 3.63) is 76.9 Å². The third-order valence-corrected chi connectivity index (χ3v) is 6.79. The average molecular weight is 474 g/mol. The Morgan fingerprint density at radius 1 is 1.06 bits per heavy atom. The molecule has 2 aliphatic rings. The Morgan fingerprint density at radius 3 is 2.74 bits per heavy atom. The van der Waals surface area contributed by atoms with Gasteiger partial charge < -0.3 is 15.0 Å². The Morgan fingerprint density at radius 2 is 1.91 bits per heavy atom. The van der Waals surface area contributed by atoms with Gasteiger partial charge in [0.25, 0.3) is 5.91 Å². The molecule has 1 atom stereocenters. The topological polar surface area (TPSA) is 100 Å². The number of pyridine rings is 1. The summed E-state index contributed by atoms with van der Waals surface area (Å²) in [5, 5.41) is 10.4. The molecule has 182 valence electrons. The number of nitrogens with zero attached hydrogens (tertiary/aromatic N) is 3. The average Bonchev–Trinajstić information content (AvgIpc) is 3.22. The number of hydrogen-bond acceptors (Lipinski definition) is 5. The van der Waals surface area contributed by atoms with Gasteiger partial charge in [0.05, 0.1) is 5.69 Å². The van der Waals surface area contributed by atoms with E-state index < -0.39 is 6.04 Å². The van der Waals surface area contributed by atoms with E-state index in [1.165, 1.54) is 0 Å². The van der Waals surface area contributed by atoms with Crippen LogP contribution in [0.4, 0.5) is 0 Å². The second-order valence-corrected chi connectivity index (χ2v) is 9.23. The van der Waals surface area contributed by atoms with Crippen LogP contribution in [0.2, 0.25) is 0 Å². The van der Waals surface area contributed by atoms with E-state index in [1.54, 1.807) is 11.1 Å². The lowest BCUT2D eigenvalue weighted by atomic mass is 9.95. The van der Waals surface area contributed by atoms with Crippen LogP contribution in [0.15, 0.2) is 48.7 Å². The van der Waals surface area contributed by atoms with Crippen LogP contribution < -0.4 is 10.1 Å². The van der Waals surface area contributed by atoms with Gasteiger partial charge in [0.1, 0.15) is 18.4 Å². The van der Waals surface area contributed by atoms with Gasteiger partial charge in [-0.15, -0.1) is 0 Å². The number of ether oxygens (including phenoxy) is 1. The predicted molar refractivity (Wildman–Crippen MR) is 131 cm³/mol. The number of amides is 2. The van der Waals surface area contributed by atoms with Crippen LogP contribution in [0.25, 0.3) is 0 Å². The fraction of sp³-hybridized carbons (Fsp3) is 0.407. The second kappa shape index (κ2) is 10.7. The summed E-state index contributed by atoms with van der Waals surface area (Å²) in [6.07, 6.45) is 8.13. The minimum atomic E-state index is -0.513. The molecule has 1 aliphatic carbocycles. The number of carbonyl (C=O) groups is 2. The lowest BCUT2D eigenvalue weighted by Gasteiger charge is -2.30. The van der Waals surface area contributed by atoms with Crippen molar-refractivity contribution < 1.29 is 14.3 Å². The van der Waals surface area contributed by atoms with Crippen LogP contribution in [0.3, 0.4) is 0 Å². The van der Waals surface area contributed by atoms with Crippen LogP contribution >= 0.6 is 0 Å². The fourth-order valence-electron chi connectivity index (χ4n) is 4.87. The molecule has 0 unspecified atom stereocenters. The Balaban J connectivity index is 1.35. The minimum absolute atomic E-state index is 0.0874. The van der Waals surface area contributed by atoms with E-state index in [1.807, 2.05) is 42.5 Å². The van der Waals surface area contributed by atoms with Crippen molar-refractivity contribution >= 4 is 11.8 Å². The van der Waals surface area contributed by atoms with E-state index in [2.05, 4.69) is 20.5 Å². The highest BCUT2D eigenvalue weighted by Crippen LogP contribution is 2.26. The van der Waals surface area contributed by atoms with Gasteiger partial charge in [0.15, 0.2) is 5.69 Å². The molecule has 3 aromatic rings. The zero-order valence-corrected chi connectivity index (χ0v) is 19.8. The third kappa shape index (κ3) is 5.37. The molecule has 3 heterocycles. The molecule has 0 saturated carbocycles. The van der Waals surface area contributed by atoms with Crippen molar-refractivity contribution in [2.24, 2.45) is 0 Å². The Hall–Kier alpha value is -3.68. The van der Waals surface area contributed by atoms with Gasteiger partial charge >= 0.3 is 0 Å². The number of benzene rings is 1. The van der Waals surface area contributed by atoms with Gasteiger partial charge in [-0.1, -0.05) is 18.2 Å². The van der Waals surface area contributed by atoms with Crippen molar-refractivity contribution in [3.8, 4) is 5.75 Å². The molecule has 2 aromatic heterocycles. The first-order chi connectivity index (χ1) is 17.2. The van der Waals surface area contributed by atoms with E-state index in [0.29, 0.717) is 31.8 Å². The zero-order chi connectivity index (χ0) is 24.0. The van der Waals surface area contributed by atoms with Crippen LogP contribution in [0.5, 0.6) is 5.75 Å². The minimum Gasteiger partial charge on any atom is -0.487 e. The Kier molecular flexibility index (Phi) is 7.07. The van der Waals surface area contributed by atoms with E-state index >= 15 is 0 Å². The van der Waals surface area contributed by atoms with Crippen molar-refractivity contribution in [1.82, 2.24) is 25.4 Å². The fourth-order valence-corrected chi connectivity index (χ4v) is 4.87. The normalized spacial score (nSPS) is 17.7. The van der Waals surface area contributed by atoms with E-state index in [0.717, 1.165) is 66.8 Å². The molecule has 2 amide bonds. The lowest BCUT2D eigenvalue weighted by molar-refractivity contribution is -0.125. The first kappa shape index (κ1) is 23.1. The summed E-state index contributed by atoms with van der Waals surface area (Å²) >= 11 is 0. The summed E-state index contributed by atoms with van der Waals surface area (Å²) in [5.74, 6) is 0.461. The predicted octanol–water partition coefficient (Wildman–Crippen LogP) is 3.57. The maximum atomic E-state index is 13.8. The number of aryl methyl sites for hydroxylation is 1. The molecule has 5 rings (SSSR count). The highest BCUT2D eigenvalue weighted by molar-refractivity contribution is 5.97. The summed E-state index contributed by atoms with van der Waals surface area (Å²) in [4.78, 5) is 32.7. The monoisotopic (exact) mass is 473 g/mol. The van der Waals surface area contributed by atoms with E-state index in [-0.39, 0.29) is 11.8 Å². The summed E-state index contributed by atoms with van der Waals surface area (Å²) in [5.41, 5.74) is 4.32.